The van der Waals surface area contributed by atoms with E-state index in [2.05, 4.69) is 60.6 Å². The van der Waals surface area contributed by atoms with Crippen molar-refractivity contribution in [3.63, 3.8) is 0 Å². The van der Waals surface area contributed by atoms with Gasteiger partial charge in [0.15, 0.2) is 0 Å². The molecule has 0 saturated heterocycles. The maximum Gasteiger partial charge on any atom is 0.0537 e. The van der Waals surface area contributed by atoms with Crippen LogP contribution in [0.2, 0.25) is 0 Å². The average Bonchev–Trinajstić information content (AvgIpc) is 2.96. The van der Waals surface area contributed by atoms with Gasteiger partial charge in [0.05, 0.1) is 6.04 Å². The van der Waals surface area contributed by atoms with Gasteiger partial charge in [0.2, 0.25) is 0 Å². The van der Waals surface area contributed by atoms with Crippen LogP contribution in [0.15, 0.2) is 48.8 Å². The Hall–Kier alpha value is -1.96. The molecule has 1 aromatic carbocycles. The van der Waals surface area contributed by atoms with E-state index >= 15 is 0 Å². The summed E-state index contributed by atoms with van der Waals surface area (Å²) in [5, 5.41) is 4.71. The zero-order chi connectivity index (χ0) is 14.5. The number of nitrogens with one attached hydrogen (secondary N) is 2. The van der Waals surface area contributed by atoms with E-state index in [9.17, 15) is 0 Å². The summed E-state index contributed by atoms with van der Waals surface area (Å²) in [7, 11) is 0. The minimum atomic E-state index is 0.391. The molecule has 2 nitrogen and oxygen atoms in total. The predicted octanol–water partition coefficient (Wildman–Crippen LogP) is 4.72. The van der Waals surface area contributed by atoms with Crippen LogP contribution < -0.4 is 5.32 Å². The van der Waals surface area contributed by atoms with Crippen molar-refractivity contribution in [3.8, 4) is 0 Å². The summed E-state index contributed by atoms with van der Waals surface area (Å²) in [5.74, 6) is 0.570. The predicted molar refractivity (Wildman–Crippen MR) is 88.5 cm³/mol. The van der Waals surface area contributed by atoms with Gasteiger partial charge in [0.1, 0.15) is 0 Å². The van der Waals surface area contributed by atoms with Crippen LogP contribution in [-0.2, 0) is 0 Å². The lowest BCUT2D eigenvalue weighted by atomic mass is 9.89. The van der Waals surface area contributed by atoms with Crippen molar-refractivity contribution in [1.82, 2.24) is 10.3 Å². The monoisotopic (exact) mass is 268 g/mol. The lowest BCUT2D eigenvalue weighted by Gasteiger charge is -2.27. The molecule has 1 unspecified atom stereocenters. The van der Waals surface area contributed by atoms with E-state index in [1.165, 1.54) is 22.0 Å². The average molecular weight is 268 g/mol. The van der Waals surface area contributed by atoms with E-state index < -0.39 is 0 Å². The highest BCUT2D eigenvalue weighted by atomic mass is 14.9. The van der Waals surface area contributed by atoms with Gasteiger partial charge < -0.3 is 10.3 Å². The van der Waals surface area contributed by atoms with Gasteiger partial charge in [-0.1, -0.05) is 45.9 Å². The Balaban J connectivity index is 0.000000704. The van der Waals surface area contributed by atoms with Gasteiger partial charge in [0.25, 0.3) is 0 Å². The minimum absolute atomic E-state index is 0.391. The van der Waals surface area contributed by atoms with E-state index in [1.807, 2.05) is 26.2 Å². The van der Waals surface area contributed by atoms with Gasteiger partial charge in [-0.25, -0.2) is 0 Å². The zero-order valence-corrected chi connectivity index (χ0v) is 12.8. The summed E-state index contributed by atoms with van der Waals surface area (Å²) in [6.45, 7) is 8.50. The fourth-order valence-electron chi connectivity index (χ4n) is 2.56. The van der Waals surface area contributed by atoms with Crippen molar-refractivity contribution in [1.29, 1.82) is 0 Å². The number of rotatable bonds is 2. The first kappa shape index (κ1) is 14.4. The minimum Gasteiger partial charge on any atom is -0.384 e. The normalized spacial score (nSPS) is 17.4. The zero-order valence-electron chi connectivity index (χ0n) is 12.8. The number of allylic oxidation sites excluding steroid dienone is 2. The summed E-state index contributed by atoms with van der Waals surface area (Å²) in [6.07, 6.45) is 8.31. The quantitative estimate of drug-likeness (QED) is 0.810. The lowest BCUT2D eigenvalue weighted by molar-refractivity contribution is 0.524. The number of aromatic nitrogens is 1. The Kier molecular flexibility index (Phi) is 4.67. The Morgan fingerprint density at radius 2 is 1.90 bits per heavy atom. The first-order valence-corrected chi connectivity index (χ1v) is 7.46. The number of dihydropyridines is 1. The molecule has 1 aromatic heterocycles. The Bertz CT molecular complexity index is 617. The van der Waals surface area contributed by atoms with Crippen molar-refractivity contribution >= 4 is 16.5 Å². The molecule has 2 heteroatoms. The summed E-state index contributed by atoms with van der Waals surface area (Å²) < 4.78 is 0. The first-order chi connectivity index (χ1) is 9.75. The van der Waals surface area contributed by atoms with Gasteiger partial charge in [0, 0.05) is 11.7 Å². The van der Waals surface area contributed by atoms with Crippen LogP contribution >= 0.6 is 0 Å². The Morgan fingerprint density at radius 1 is 1.10 bits per heavy atom. The number of aromatic amines is 1. The SMILES string of the molecule is CC.CC(C)C1NC=CC=C1c1ccc2cc[nH]c2c1. The van der Waals surface area contributed by atoms with E-state index in [0.717, 1.165) is 0 Å². The second-order valence-corrected chi connectivity index (χ2v) is 5.15. The summed E-state index contributed by atoms with van der Waals surface area (Å²) in [4.78, 5) is 3.28. The van der Waals surface area contributed by atoms with Crippen LogP contribution in [0.3, 0.4) is 0 Å². The van der Waals surface area contributed by atoms with Crippen LogP contribution in [0.1, 0.15) is 33.3 Å². The molecule has 1 atom stereocenters. The highest BCUT2D eigenvalue weighted by Crippen LogP contribution is 2.27. The number of hydrogen-bond acceptors (Lipinski definition) is 1. The molecule has 3 rings (SSSR count). The summed E-state index contributed by atoms with van der Waals surface area (Å²) in [5.41, 5.74) is 3.86. The Morgan fingerprint density at radius 3 is 2.65 bits per heavy atom. The molecule has 1 aliphatic heterocycles. The first-order valence-electron chi connectivity index (χ1n) is 7.46. The van der Waals surface area contributed by atoms with Gasteiger partial charge in [-0.3, -0.25) is 0 Å². The molecule has 1 aliphatic rings. The highest BCUT2D eigenvalue weighted by Gasteiger charge is 2.19. The number of hydrogen-bond donors (Lipinski definition) is 2. The van der Waals surface area contributed by atoms with Crippen LogP contribution in [-0.4, -0.2) is 11.0 Å². The van der Waals surface area contributed by atoms with Crippen LogP contribution in [0, 0.1) is 5.92 Å². The largest absolute Gasteiger partial charge is 0.384 e. The van der Waals surface area contributed by atoms with Crippen molar-refractivity contribution < 1.29 is 0 Å². The topological polar surface area (TPSA) is 27.8 Å². The van der Waals surface area contributed by atoms with Crippen molar-refractivity contribution in [2.24, 2.45) is 5.92 Å². The van der Waals surface area contributed by atoms with E-state index in [0.29, 0.717) is 12.0 Å². The third-order valence-corrected chi connectivity index (χ3v) is 3.54. The van der Waals surface area contributed by atoms with Crippen LogP contribution in [0.25, 0.3) is 16.5 Å². The molecule has 106 valence electrons. The molecule has 0 aliphatic carbocycles. The smallest absolute Gasteiger partial charge is 0.0537 e. The van der Waals surface area contributed by atoms with Gasteiger partial charge >= 0.3 is 0 Å². The van der Waals surface area contributed by atoms with Crippen LogP contribution in [0.4, 0.5) is 0 Å². The molecular formula is C18H24N2. The van der Waals surface area contributed by atoms with Gasteiger partial charge in [-0.15, -0.1) is 0 Å². The van der Waals surface area contributed by atoms with Crippen molar-refractivity contribution in [2.45, 2.75) is 33.7 Å². The van der Waals surface area contributed by atoms with Crippen molar-refractivity contribution in [2.75, 3.05) is 0 Å². The molecule has 0 fully saturated rings. The fraction of sp³-hybridized carbons (Fsp3) is 0.333. The molecule has 0 amide bonds. The second-order valence-electron chi connectivity index (χ2n) is 5.15. The summed E-state index contributed by atoms with van der Waals surface area (Å²) in [6, 6.07) is 9.11. The van der Waals surface area contributed by atoms with E-state index in [-0.39, 0.29) is 0 Å². The van der Waals surface area contributed by atoms with Crippen molar-refractivity contribution in [3.05, 3.63) is 54.4 Å². The molecule has 0 bridgehead atoms. The molecule has 2 aromatic rings. The third kappa shape index (κ3) is 2.79. The third-order valence-electron chi connectivity index (χ3n) is 3.54. The number of benzene rings is 1. The highest BCUT2D eigenvalue weighted by molar-refractivity contribution is 5.85. The summed E-state index contributed by atoms with van der Waals surface area (Å²) >= 11 is 0. The molecular weight excluding hydrogens is 244 g/mol. The molecule has 2 heterocycles. The molecule has 20 heavy (non-hydrogen) atoms. The second kappa shape index (κ2) is 6.47. The number of H-pyrrole nitrogens is 1. The van der Waals surface area contributed by atoms with Gasteiger partial charge in [-0.2, -0.15) is 0 Å². The molecule has 0 saturated carbocycles. The van der Waals surface area contributed by atoms with E-state index in [4.69, 9.17) is 0 Å². The standard InChI is InChI=1S/C16H18N2.C2H6/c1-11(2)16-14(4-3-8-18-16)13-6-5-12-7-9-17-15(12)10-13;1-2/h3-11,16-18H,1-2H3;1-2H3. The molecule has 0 radical (unpaired) electrons. The fourth-order valence-corrected chi connectivity index (χ4v) is 2.56. The van der Waals surface area contributed by atoms with Gasteiger partial charge in [-0.05, 0) is 46.8 Å². The van der Waals surface area contributed by atoms with E-state index in [1.54, 1.807) is 0 Å². The maximum atomic E-state index is 3.45. The number of fused-ring (bicyclic) bond motifs is 1. The lowest BCUT2D eigenvalue weighted by Crippen LogP contribution is -2.32. The molecule has 2 N–H and O–H groups in total. The molecule has 0 spiro atoms. The van der Waals surface area contributed by atoms with Crippen LogP contribution in [0.5, 0.6) is 0 Å². The maximum absolute atomic E-state index is 3.45. The Labute approximate surface area is 121 Å².